The maximum atomic E-state index is 12.3. The number of methoxy groups -OCH3 is 2. The number of rotatable bonds is 8. The smallest absolute Gasteiger partial charge is 0.286 e. The molecule has 0 unspecified atom stereocenters. The standard InChI is InChI=1S/C19H22N2O6/c1-11(22)14-9-17(26-4)16(25-3)7-12(14)8-18(23)21-10-13-5-6-15(27-13)19(24)20-2/h5-7,9H,8,10H2,1-4H3,(H,20,24)(H,21,23). The van der Waals surface area contributed by atoms with Crippen LogP contribution >= 0.6 is 0 Å². The van der Waals surface area contributed by atoms with Crippen molar-refractivity contribution < 1.29 is 28.3 Å². The first-order valence-corrected chi connectivity index (χ1v) is 8.22. The third-order valence-electron chi connectivity index (χ3n) is 3.91. The van der Waals surface area contributed by atoms with Crippen LogP contribution in [0.25, 0.3) is 0 Å². The SMILES string of the molecule is CNC(=O)c1ccc(CNC(=O)Cc2cc(OC)c(OC)cc2C(C)=O)o1. The van der Waals surface area contributed by atoms with Crippen molar-refractivity contribution in [3.05, 3.63) is 46.9 Å². The normalized spacial score (nSPS) is 10.2. The molecule has 2 N–H and O–H groups in total. The van der Waals surface area contributed by atoms with Crippen LogP contribution in [-0.2, 0) is 17.8 Å². The predicted octanol–water partition coefficient (Wildman–Crippen LogP) is 1.72. The van der Waals surface area contributed by atoms with E-state index in [1.807, 2.05) is 0 Å². The van der Waals surface area contributed by atoms with Crippen molar-refractivity contribution in [3.63, 3.8) is 0 Å². The molecule has 0 fully saturated rings. The number of hydrogen-bond acceptors (Lipinski definition) is 6. The number of ketones is 1. The molecule has 0 bridgehead atoms. The number of benzene rings is 1. The van der Waals surface area contributed by atoms with Crippen molar-refractivity contribution in [3.8, 4) is 11.5 Å². The van der Waals surface area contributed by atoms with E-state index in [2.05, 4.69) is 10.6 Å². The molecule has 1 heterocycles. The summed E-state index contributed by atoms with van der Waals surface area (Å²) in [4.78, 5) is 35.7. The zero-order valence-electron chi connectivity index (χ0n) is 15.7. The lowest BCUT2D eigenvalue weighted by atomic mass is 10.00. The Balaban J connectivity index is 2.09. The van der Waals surface area contributed by atoms with Gasteiger partial charge in [0.15, 0.2) is 23.0 Å². The van der Waals surface area contributed by atoms with Crippen LogP contribution in [0.3, 0.4) is 0 Å². The van der Waals surface area contributed by atoms with Crippen LogP contribution < -0.4 is 20.1 Å². The molecule has 0 aliphatic heterocycles. The molecule has 0 aliphatic carbocycles. The zero-order valence-corrected chi connectivity index (χ0v) is 15.7. The second-order valence-electron chi connectivity index (χ2n) is 5.72. The number of ether oxygens (including phenoxy) is 2. The highest BCUT2D eigenvalue weighted by atomic mass is 16.5. The van der Waals surface area contributed by atoms with Crippen LogP contribution in [0.15, 0.2) is 28.7 Å². The van der Waals surface area contributed by atoms with Crippen molar-refractivity contribution in [1.29, 1.82) is 0 Å². The topological polar surface area (TPSA) is 107 Å². The summed E-state index contributed by atoms with van der Waals surface area (Å²) in [6.07, 6.45) is -0.0156. The fourth-order valence-corrected chi connectivity index (χ4v) is 2.53. The largest absolute Gasteiger partial charge is 0.493 e. The first kappa shape index (κ1) is 20.0. The molecule has 8 nitrogen and oxygen atoms in total. The number of carbonyl (C=O) groups excluding carboxylic acids is 3. The van der Waals surface area contributed by atoms with Gasteiger partial charge >= 0.3 is 0 Å². The Kier molecular flexibility index (Phi) is 6.59. The molecule has 27 heavy (non-hydrogen) atoms. The van der Waals surface area contributed by atoms with Gasteiger partial charge in [-0.2, -0.15) is 0 Å². The van der Waals surface area contributed by atoms with Gasteiger partial charge in [-0.3, -0.25) is 14.4 Å². The van der Waals surface area contributed by atoms with E-state index in [4.69, 9.17) is 13.9 Å². The maximum Gasteiger partial charge on any atom is 0.286 e. The lowest BCUT2D eigenvalue weighted by Gasteiger charge is -2.13. The highest BCUT2D eigenvalue weighted by Gasteiger charge is 2.17. The van der Waals surface area contributed by atoms with Crippen LogP contribution in [-0.4, -0.2) is 38.9 Å². The second kappa shape index (κ2) is 8.88. The molecule has 2 aromatic rings. The summed E-state index contributed by atoms with van der Waals surface area (Å²) in [6, 6.07) is 6.32. The molecule has 1 aromatic carbocycles. The van der Waals surface area contributed by atoms with Crippen LogP contribution in [0.1, 0.15) is 39.2 Å². The summed E-state index contributed by atoms with van der Waals surface area (Å²) in [7, 11) is 4.46. The zero-order chi connectivity index (χ0) is 20.0. The molecule has 0 atom stereocenters. The third kappa shape index (κ3) is 4.87. The van der Waals surface area contributed by atoms with Crippen molar-refractivity contribution in [2.45, 2.75) is 19.9 Å². The summed E-state index contributed by atoms with van der Waals surface area (Å²) >= 11 is 0. The molecule has 8 heteroatoms. The maximum absolute atomic E-state index is 12.3. The molecule has 0 spiro atoms. The van der Waals surface area contributed by atoms with E-state index < -0.39 is 0 Å². The number of amides is 2. The predicted molar refractivity (Wildman–Crippen MR) is 97.2 cm³/mol. The fourth-order valence-electron chi connectivity index (χ4n) is 2.53. The number of Topliss-reactive ketones (excluding diaryl/α,β-unsaturated/α-hetero) is 1. The van der Waals surface area contributed by atoms with Gasteiger partial charge in [-0.1, -0.05) is 0 Å². The highest BCUT2D eigenvalue weighted by molar-refractivity contribution is 5.97. The van der Waals surface area contributed by atoms with Gasteiger partial charge in [0.05, 0.1) is 27.2 Å². The number of hydrogen-bond donors (Lipinski definition) is 2. The molecule has 0 radical (unpaired) electrons. The molecule has 0 aliphatic rings. The van der Waals surface area contributed by atoms with Gasteiger partial charge in [0.1, 0.15) is 5.76 Å². The first-order chi connectivity index (χ1) is 12.9. The average molecular weight is 374 g/mol. The fraction of sp³-hybridized carbons (Fsp3) is 0.316. The van der Waals surface area contributed by atoms with Crippen molar-refractivity contribution in [1.82, 2.24) is 10.6 Å². The Morgan fingerprint density at radius 3 is 2.33 bits per heavy atom. The Bertz CT molecular complexity index is 856. The van der Waals surface area contributed by atoms with E-state index in [-0.39, 0.29) is 36.3 Å². The quantitative estimate of drug-likeness (QED) is 0.682. The summed E-state index contributed by atoms with van der Waals surface area (Å²) in [6.45, 7) is 1.55. The first-order valence-electron chi connectivity index (χ1n) is 8.22. The van der Waals surface area contributed by atoms with Gasteiger partial charge < -0.3 is 24.5 Å². The van der Waals surface area contributed by atoms with E-state index in [1.54, 1.807) is 18.2 Å². The van der Waals surface area contributed by atoms with E-state index in [1.165, 1.54) is 34.3 Å². The second-order valence-corrected chi connectivity index (χ2v) is 5.72. The lowest BCUT2D eigenvalue weighted by molar-refractivity contribution is -0.120. The van der Waals surface area contributed by atoms with Gasteiger partial charge in [0.2, 0.25) is 5.91 Å². The molecule has 144 valence electrons. The molecule has 2 rings (SSSR count). The minimum Gasteiger partial charge on any atom is -0.493 e. The van der Waals surface area contributed by atoms with Gasteiger partial charge in [-0.25, -0.2) is 0 Å². The van der Waals surface area contributed by atoms with E-state index in [9.17, 15) is 14.4 Å². The monoisotopic (exact) mass is 374 g/mol. The van der Waals surface area contributed by atoms with Crippen LogP contribution in [0, 0.1) is 0 Å². The summed E-state index contributed by atoms with van der Waals surface area (Å²) < 4.78 is 15.8. The summed E-state index contributed by atoms with van der Waals surface area (Å²) in [5.74, 6) is 0.643. The molecular formula is C19H22N2O6. The highest BCUT2D eigenvalue weighted by Crippen LogP contribution is 2.31. The van der Waals surface area contributed by atoms with Crippen molar-refractivity contribution in [2.75, 3.05) is 21.3 Å². The van der Waals surface area contributed by atoms with Crippen LogP contribution in [0.5, 0.6) is 11.5 Å². The van der Waals surface area contributed by atoms with Crippen molar-refractivity contribution in [2.24, 2.45) is 0 Å². The summed E-state index contributed by atoms with van der Waals surface area (Å²) in [5.41, 5.74) is 0.922. The van der Waals surface area contributed by atoms with E-state index in [0.29, 0.717) is 28.4 Å². The van der Waals surface area contributed by atoms with Crippen molar-refractivity contribution >= 4 is 17.6 Å². The molecule has 2 amide bonds. The van der Waals surface area contributed by atoms with E-state index in [0.717, 1.165) is 0 Å². The third-order valence-corrected chi connectivity index (χ3v) is 3.91. The number of furan rings is 1. The van der Waals surface area contributed by atoms with Gasteiger partial charge in [0.25, 0.3) is 5.91 Å². The molecule has 1 aromatic heterocycles. The summed E-state index contributed by atoms with van der Waals surface area (Å²) in [5, 5.41) is 5.16. The molecule has 0 saturated carbocycles. The lowest BCUT2D eigenvalue weighted by Crippen LogP contribution is -2.25. The van der Waals surface area contributed by atoms with Crippen LogP contribution in [0.4, 0.5) is 0 Å². The Hall–Kier alpha value is -3.29. The Morgan fingerprint density at radius 1 is 1.07 bits per heavy atom. The van der Waals surface area contributed by atoms with Gasteiger partial charge in [-0.05, 0) is 36.8 Å². The minimum absolute atomic E-state index is 0.0156. The van der Waals surface area contributed by atoms with Gasteiger partial charge in [0, 0.05) is 12.6 Å². The van der Waals surface area contributed by atoms with Crippen LogP contribution in [0.2, 0.25) is 0 Å². The Morgan fingerprint density at radius 2 is 1.74 bits per heavy atom. The minimum atomic E-state index is -0.344. The van der Waals surface area contributed by atoms with E-state index >= 15 is 0 Å². The van der Waals surface area contributed by atoms with Gasteiger partial charge in [-0.15, -0.1) is 0 Å². The number of nitrogens with one attached hydrogen (secondary N) is 2. The Labute approximate surface area is 156 Å². The molecule has 0 saturated heterocycles. The average Bonchev–Trinajstić information content (AvgIpc) is 3.14. The molecular weight excluding hydrogens is 352 g/mol. The number of carbonyl (C=O) groups is 3.